The van der Waals surface area contributed by atoms with Crippen LogP contribution in [0.3, 0.4) is 0 Å². The highest BCUT2D eigenvalue weighted by molar-refractivity contribution is 7.89. The van der Waals surface area contributed by atoms with Crippen molar-refractivity contribution in [2.24, 2.45) is 11.1 Å². The molecule has 0 radical (unpaired) electrons. The number of amides is 3. The summed E-state index contributed by atoms with van der Waals surface area (Å²) in [4.78, 5) is 61.2. The Balaban J connectivity index is 0.873. The smallest absolute Gasteiger partial charge is 0.234 e. The molecule has 3 aromatic heterocycles. The number of primary sulfonamides is 1. The van der Waals surface area contributed by atoms with Gasteiger partial charge in [0.1, 0.15) is 16.9 Å². The summed E-state index contributed by atoms with van der Waals surface area (Å²) in [5.74, 6) is 0.177. The van der Waals surface area contributed by atoms with Crippen molar-refractivity contribution in [1.82, 2.24) is 30.2 Å². The second kappa shape index (κ2) is 18.4. The summed E-state index contributed by atoms with van der Waals surface area (Å²) in [5, 5.41) is 10.8. The van der Waals surface area contributed by atoms with Gasteiger partial charge in [0.2, 0.25) is 33.7 Å². The number of likely N-dealkylation sites (tertiary alicyclic amines) is 1. The molecule has 0 bridgehead atoms. The van der Waals surface area contributed by atoms with Crippen LogP contribution in [0.4, 0.5) is 21.8 Å². The lowest BCUT2D eigenvalue weighted by Gasteiger charge is -2.37. The average molecular weight is 908 g/mol. The molecule has 64 heavy (non-hydrogen) atoms. The van der Waals surface area contributed by atoms with E-state index in [9.17, 15) is 22.8 Å². The first-order chi connectivity index (χ1) is 30.6. The van der Waals surface area contributed by atoms with Gasteiger partial charge in [0.25, 0.3) is 0 Å². The molecule has 14 nitrogen and oxygen atoms in total. The Hall–Kier alpha value is -5.65. The van der Waals surface area contributed by atoms with Crippen molar-refractivity contribution in [2.45, 2.75) is 95.1 Å². The van der Waals surface area contributed by atoms with Crippen LogP contribution in [0.15, 0.2) is 73.1 Å². The van der Waals surface area contributed by atoms with E-state index in [0.29, 0.717) is 54.1 Å². The van der Waals surface area contributed by atoms with Gasteiger partial charge in [-0.3, -0.25) is 19.7 Å². The Morgan fingerprint density at radius 2 is 1.66 bits per heavy atom. The molecule has 3 fully saturated rings. The molecule has 3 saturated heterocycles. The normalized spacial score (nSPS) is 18.5. The number of halogens is 1. The largest absolute Gasteiger partial charge is 0.357 e. The summed E-state index contributed by atoms with van der Waals surface area (Å²) < 4.78 is 41.1. The highest BCUT2D eigenvalue weighted by Gasteiger charge is 2.34. The van der Waals surface area contributed by atoms with Gasteiger partial charge in [-0.05, 0) is 85.9 Å². The molecule has 8 rings (SSSR count). The van der Waals surface area contributed by atoms with E-state index in [1.54, 1.807) is 37.5 Å². The number of nitrogens with zero attached hydrogens (tertiary/aromatic N) is 6. The van der Waals surface area contributed by atoms with Crippen molar-refractivity contribution >= 4 is 56.5 Å². The van der Waals surface area contributed by atoms with E-state index >= 15 is 4.39 Å². The fourth-order valence-electron chi connectivity index (χ4n) is 8.97. The van der Waals surface area contributed by atoms with E-state index in [4.69, 9.17) is 15.1 Å². The van der Waals surface area contributed by atoms with Crippen LogP contribution in [0.2, 0.25) is 0 Å². The Morgan fingerprint density at radius 3 is 2.30 bits per heavy atom. The molecule has 17 heteroatoms. The number of carbonyl (C=O) groups is 3. The maximum atomic E-state index is 16.3. The van der Waals surface area contributed by atoms with Gasteiger partial charge in [-0.15, -0.1) is 11.3 Å². The molecule has 3 aliphatic rings. The summed E-state index contributed by atoms with van der Waals surface area (Å²) in [6.07, 6.45) is 7.59. The van der Waals surface area contributed by atoms with Gasteiger partial charge in [-0.1, -0.05) is 58.0 Å². The minimum atomic E-state index is -4.05. The highest BCUT2D eigenvalue weighted by Crippen LogP contribution is 2.43. The SMILES string of the molecule is CCC(c1cccc(-c2nc(C(C)(C)C)sc2-c2ccnc(Nc3ccc(C4CCN(C(=O)C5CCN(c6ccc(C7CCC(=O)NC7=O)cn6)CC5)CC4)cc3)n2)c1F)S(N)(=O)=O. The van der Waals surface area contributed by atoms with Gasteiger partial charge < -0.3 is 15.1 Å². The number of nitrogens with one attached hydrogen (secondary N) is 2. The van der Waals surface area contributed by atoms with Gasteiger partial charge in [-0.25, -0.2) is 37.9 Å². The molecule has 0 aliphatic carbocycles. The number of nitrogens with two attached hydrogens (primary N) is 1. The number of aromatic nitrogens is 4. The summed E-state index contributed by atoms with van der Waals surface area (Å²) >= 11 is 1.41. The van der Waals surface area contributed by atoms with Crippen LogP contribution in [-0.4, -0.2) is 77.2 Å². The average Bonchev–Trinajstić information content (AvgIpc) is 3.74. The third-order valence-electron chi connectivity index (χ3n) is 12.6. The molecular weight excluding hydrogens is 854 g/mol. The quantitative estimate of drug-likeness (QED) is 0.110. The third kappa shape index (κ3) is 9.71. The number of piperidine rings is 3. The van der Waals surface area contributed by atoms with Crippen molar-refractivity contribution < 1.29 is 27.2 Å². The summed E-state index contributed by atoms with van der Waals surface area (Å²) in [7, 11) is -4.05. The molecule has 3 amide bonds. The second-order valence-electron chi connectivity index (χ2n) is 18.0. The molecule has 4 N–H and O–H groups in total. The van der Waals surface area contributed by atoms with Crippen LogP contribution < -0.4 is 20.7 Å². The monoisotopic (exact) mass is 907 g/mol. The van der Waals surface area contributed by atoms with E-state index in [0.717, 1.165) is 60.8 Å². The van der Waals surface area contributed by atoms with Crippen LogP contribution >= 0.6 is 11.3 Å². The Morgan fingerprint density at radius 1 is 0.938 bits per heavy atom. The van der Waals surface area contributed by atoms with E-state index < -0.39 is 21.1 Å². The predicted molar refractivity (Wildman–Crippen MR) is 246 cm³/mol. The predicted octanol–water partition coefficient (Wildman–Crippen LogP) is 7.72. The zero-order valence-corrected chi connectivity index (χ0v) is 38.1. The number of hydrogen-bond acceptors (Lipinski definition) is 12. The maximum Gasteiger partial charge on any atom is 0.234 e. The number of benzene rings is 2. The molecule has 2 aromatic carbocycles. The molecular formula is C47H54FN9O5S2. The lowest BCUT2D eigenvalue weighted by atomic mass is 9.88. The fourth-order valence-corrected chi connectivity index (χ4v) is 11.1. The van der Waals surface area contributed by atoms with Crippen LogP contribution in [-0.2, 0) is 29.8 Å². The molecule has 0 saturated carbocycles. The zero-order valence-electron chi connectivity index (χ0n) is 36.5. The topological polar surface area (TPSA) is 193 Å². The van der Waals surface area contributed by atoms with Crippen LogP contribution in [0.25, 0.3) is 21.8 Å². The van der Waals surface area contributed by atoms with Crippen molar-refractivity contribution in [2.75, 3.05) is 36.4 Å². The van der Waals surface area contributed by atoms with E-state index in [-0.39, 0.29) is 52.5 Å². The number of thiazole rings is 1. The Labute approximate surface area is 377 Å². The molecule has 2 unspecified atom stereocenters. The van der Waals surface area contributed by atoms with Gasteiger partial charge in [0.05, 0.1) is 27.2 Å². The van der Waals surface area contributed by atoms with Crippen LogP contribution in [0.1, 0.15) is 111 Å². The minimum absolute atomic E-state index is 0.00682. The standard InChI is InChI=1S/C47H54FN9O5S2/c1-5-37(64(49,61)62)34-7-6-8-35(40(34)48)41-42(63-45(55-41)47(2,3)4)36-17-22-50-46(53-36)52-32-12-9-28(10-13-32)29-18-25-57(26-19-29)44(60)30-20-23-56(24-21-30)38-15-11-31(27-51-38)33-14-16-39(58)54-43(33)59/h6-13,15,17,22,27,29-30,33,37H,5,14,16,18-21,23-26H2,1-4H3,(H2,49,61,62)(H,50,52,53)(H,54,58,59). The summed E-state index contributed by atoms with van der Waals surface area (Å²) in [6.45, 7) is 10.6. The molecule has 3 aliphatic heterocycles. The second-order valence-corrected chi connectivity index (χ2v) is 20.7. The van der Waals surface area contributed by atoms with Crippen molar-refractivity contribution in [1.29, 1.82) is 0 Å². The number of sulfonamides is 1. The van der Waals surface area contributed by atoms with Crippen LogP contribution in [0, 0.1) is 11.7 Å². The maximum absolute atomic E-state index is 16.3. The van der Waals surface area contributed by atoms with Crippen molar-refractivity contribution in [3.63, 3.8) is 0 Å². The highest BCUT2D eigenvalue weighted by atomic mass is 32.2. The number of rotatable bonds is 11. The van der Waals surface area contributed by atoms with E-state index in [1.165, 1.54) is 23.0 Å². The molecule has 6 heterocycles. The number of pyridine rings is 1. The zero-order chi connectivity index (χ0) is 45.3. The molecule has 2 atom stereocenters. The van der Waals surface area contributed by atoms with Gasteiger partial charge in [-0.2, -0.15) is 0 Å². The Kier molecular flexibility index (Phi) is 13.0. The Bertz CT molecular complexity index is 2640. The summed E-state index contributed by atoms with van der Waals surface area (Å²) in [5.41, 5.74) is 3.56. The number of carbonyl (C=O) groups excluding carboxylic acids is 3. The third-order valence-corrected chi connectivity index (χ3v) is 15.5. The number of hydrogen-bond donors (Lipinski definition) is 3. The van der Waals surface area contributed by atoms with E-state index in [2.05, 4.69) is 37.6 Å². The molecule has 5 aromatic rings. The molecule has 336 valence electrons. The van der Waals surface area contributed by atoms with Gasteiger partial charge in [0, 0.05) is 73.1 Å². The minimum Gasteiger partial charge on any atom is -0.357 e. The molecule has 0 spiro atoms. The first-order valence-electron chi connectivity index (χ1n) is 21.9. The lowest BCUT2D eigenvalue weighted by Crippen LogP contribution is -2.45. The fraction of sp³-hybridized carbons (Fsp3) is 0.426. The van der Waals surface area contributed by atoms with Gasteiger partial charge >= 0.3 is 0 Å². The number of anilines is 3. The van der Waals surface area contributed by atoms with Crippen molar-refractivity contribution in [3.8, 4) is 21.8 Å². The first-order valence-corrected chi connectivity index (χ1v) is 24.4. The van der Waals surface area contributed by atoms with E-state index in [1.807, 2.05) is 49.9 Å². The van der Waals surface area contributed by atoms with Gasteiger partial charge in [0.15, 0.2) is 0 Å². The number of imide groups is 1. The lowest BCUT2D eigenvalue weighted by molar-refractivity contribution is -0.137. The van der Waals surface area contributed by atoms with Crippen LogP contribution in [0.5, 0.6) is 0 Å². The van der Waals surface area contributed by atoms with Crippen molar-refractivity contribution in [3.05, 3.63) is 101 Å². The summed E-state index contributed by atoms with van der Waals surface area (Å²) in [6, 6.07) is 18.5. The first kappa shape index (κ1) is 44.9.